The summed E-state index contributed by atoms with van der Waals surface area (Å²) >= 11 is 0. The lowest BCUT2D eigenvalue weighted by molar-refractivity contribution is 0.436. The topological polar surface area (TPSA) is 12.5 Å². The smallest absolute Gasteiger partial charge is 0.132 e. The molecule has 7 aromatic rings. The minimum Gasteiger partial charge on any atom is -0.457 e. The quantitative estimate of drug-likeness (QED) is 0.181. The van der Waals surface area contributed by atoms with Crippen LogP contribution in [0.3, 0.4) is 0 Å². The number of hydrogen-bond acceptors (Lipinski definition) is 2. The van der Waals surface area contributed by atoms with Gasteiger partial charge in [-0.2, -0.15) is 0 Å². The molecule has 1 spiro atoms. The monoisotopic (exact) mass is 707 g/mol. The third-order valence-electron chi connectivity index (χ3n) is 12.8. The van der Waals surface area contributed by atoms with Gasteiger partial charge in [-0.15, -0.1) is 0 Å². The zero-order valence-corrected chi connectivity index (χ0v) is 31.4. The predicted octanol–water partition coefficient (Wildman–Crippen LogP) is 13.9. The van der Waals surface area contributed by atoms with Gasteiger partial charge in [0.25, 0.3) is 0 Å². The fourth-order valence-corrected chi connectivity index (χ4v) is 10.3. The fourth-order valence-electron chi connectivity index (χ4n) is 10.3. The summed E-state index contributed by atoms with van der Waals surface area (Å²) in [5.74, 6) is 2.31. The number of nitrogens with zero attached hydrogens (tertiary/aromatic N) is 1. The number of anilines is 3. The molecular weight excluding hydrogens is 667 g/mol. The Labute approximate surface area is 323 Å². The van der Waals surface area contributed by atoms with Crippen molar-refractivity contribution < 1.29 is 4.74 Å². The van der Waals surface area contributed by atoms with E-state index >= 15 is 0 Å². The summed E-state index contributed by atoms with van der Waals surface area (Å²) < 4.78 is 6.67. The second-order valence-electron chi connectivity index (χ2n) is 16.1. The summed E-state index contributed by atoms with van der Waals surface area (Å²) in [6.45, 7) is 7.18. The highest BCUT2D eigenvalue weighted by molar-refractivity contribution is 5.94. The summed E-state index contributed by atoms with van der Waals surface area (Å²) in [6, 6.07) is 60.3. The van der Waals surface area contributed by atoms with Gasteiger partial charge in [0.15, 0.2) is 0 Å². The number of allylic oxidation sites excluding steroid dienone is 4. The van der Waals surface area contributed by atoms with Gasteiger partial charge in [0.1, 0.15) is 11.5 Å². The van der Waals surface area contributed by atoms with E-state index in [4.69, 9.17) is 4.74 Å². The fraction of sp³-hybridized carbons (Fsp3) is 0.132. The van der Waals surface area contributed by atoms with Gasteiger partial charge in [-0.3, -0.25) is 0 Å². The molecule has 0 fully saturated rings. The molecule has 0 bridgehead atoms. The van der Waals surface area contributed by atoms with Crippen molar-refractivity contribution in [2.24, 2.45) is 5.92 Å². The van der Waals surface area contributed by atoms with Gasteiger partial charge >= 0.3 is 0 Å². The van der Waals surface area contributed by atoms with E-state index in [-0.39, 0.29) is 5.41 Å². The minimum absolute atomic E-state index is 0.102. The van der Waals surface area contributed by atoms with E-state index in [2.05, 4.69) is 202 Å². The van der Waals surface area contributed by atoms with Crippen LogP contribution in [0, 0.1) is 5.92 Å². The van der Waals surface area contributed by atoms with E-state index in [1.54, 1.807) is 0 Å². The summed E-state index contributed by atoms with van der Waals surface area (Å²) in [7, 11) is 0. The highest BCUT2D eigenvalue weighted by atomic mass is 16.5. The third kappa shape index (κ3) is 4.43. The van der Waals surface area contributed by atoms with Crippen LogP contribution in [0.5, 0.6) is 11.5 Å². The van der Waals surface area contributed by atoms with Crippen LogP contribution in [-0.2, 0) is 10.8 Å². The van der Waals surface area contributed by atoms with Crippen molar-refractivity contribution in [1.82, 2.24) is 0 Å². The molecule has 0 amide bonds. The predicted molar refractivity (Wildman–Crippen MR) is 227 cm³/mol. The second kappa shape index (κ2) is 11.8. The summed E-state index contributed by atoms with van der Waals surface area (Å²) in [6.07, 6.45) is 5.84. The number of ether oxygens (including phenoxy) is 1. The molecule has 0 N–H and O–H groups in total. The highest BCUT2D eigenvalue weighted by Crippen LogP contribution is 2.63. The van der Waals surface area contributed by atoms with Crippen LogP contribution < -0.4 is 9.64 Å². The normalized spacial score (nSPS) is 17.4. The van der Waals surface area contributed by atoms with E-state index in [1.165, 1.54) is 66.8 Å². The first-order valence-corrected chi connectivity index (χ1v) is 19.6. The molecule has 2 heteroatoms. The molecule has 1 unspecified atom stereocenters. The van der Waals surface area contributed by atoms with Crippen molar-refractivity contribution in [1.29, 1.82) is 0 Å². The Kier molecular flexibility index (Phi) is 6.89. The van der Waals surface area contributed by atoms with Crippen molar-refractivity contribution in [3.63, 3.8) is 0 Å². The summed E-state index contributed by atoms with van der Waals surface area (Å²) in [4.78, 5) is 2.50. The van der Waals surface area contributed by atoms with Gasteiger partial charge in [-0.1, -0.05) is 154 Å². The van der Waals surface area contributed by atoms with Gasteiger partial charge in [0, 0.05) is 33.5 Å². The molecule has 2 nitrogen and oxygen atoms in total. The first-order chi connectivity index (χ1) is 27.0. The molecule has 0 radical (unpaired) electrons. The van der Waals surface area contributed by atoms with Gasteiger partial charge < -0.3 is 9.64 Å². The minimum atomic E-state index is -0.552. The molecule has 0 saturated heterocycles. The SMILES string of the molecule is CC1CC=CC2=C1c1ccc(N(c3ccc4c(c3)C3(c5ccccc5Oc5ccccc53)c3ccccc3-4)c3ccccc3-c3ccccc3)cc1C2(C)C. The summed E-state index contributed by atoms with van der Waals surface area (Å²) in [5.41, 5.74) is 18.4. The zero-order chi connectivity index (χ0) is 36.9. The number of para-hydroxylation sites is 3. The Bertz CT molecular complexity index is 2720. The van der Waals surface area contributed by atoms with Crippen LogP contribution in [-0.4, -0.2) is 0 Å². The zero-order valence-electron chi connectivity index (χ0n) is 31.4. The van der Waals surface area contributed by atoms with Gasteiger partial charge in [-0.05, 0) is 105 Å². The van der Waals surface area contributed by atoms with Crippen molar-refractivity contribution in [3.05, 3.63) is 215 Å². The number of benzene rings is 7. The lowest BCUT2D eigenvalue weighted by Crippen LogP contribution is -2.32. The molecule has 3 aliphatic carbocycles. The van der Waals surface area contributed by atoms with Gasteiger partial charge in [0.05, 0.1) is 11.1 Å². The average molecular weight is 708 g/mol. The Balaban J connectivity index is 1.19. The lowest BCUT2D eigenvalue weighted by atomic mass is 9.66. The highest BCUT2D eigenvalue weighted by Gasteiger charge is 2.51. The van der Waals surface area contributed by atoms with Crippen molar-refractivity contribution in [2.45, 2.75) is 38.0 Å². The molecule has 0 aromatic heterocycles. The molecule has 0 saturated carbocycles. The molecule has 1 atom stereocenters. The standard InChI is InChI=1S/C53H41NO/c1-34-16-15-24-45-51(34)41-31-29-36(32-46(41)52(45,2)3)54(48-25-12-8-19-38(48)35-17-5-4-6-18-35)37-28-30-40-39-20-7-9-21-42(39)53(47(40)33-37)43-22-10-13-26-49(43)55-50-27-14-11-23-44(50)53/h4-15,17-34H,16H2,1-3H3. The van der Waals surface area contributed by atoms with Gasteiger partial charge in [0.2, 0.25) is 0 Å². The second-order valence-corrected chi connectivity index (χ2v) is 16.1. The maximum atomic E-state index is 6.67. The maximum Gasteiger partial charge on any atom is 0.132 e. The largest absolute Gasteiger partial charge is 0.457 e. The van der Waals surface area contributed by atoms with Crippen LogP contribution in [0.15, 0.2) is 182 Å². The Hall–Kier alpha value is -6.38. The summed E-state index contributed by atoms with van der Waals surface area (Å²) in [5, 5.41) is 0. The van der Waals surface area contributed by atoms with E-state index in [0.717, 1.165) is 35.0 Å². The van der Waals surface area contributed by atoms with Crippen molar-refractivity contribution in [3.8, 4) is 33.8 Å². The lowest BCUT2D eigenvalue weighted by Gasteiger charge is -2.39. The molecule has 4 aliphatic rings. The van der Waals surface area contributed by atoms with Gasteiger partial charge in [-0.25, -0.2) is 0 Å². The van der Waals surface area contributed by atoms with Crippen LogP contribution in [0.25, 0.3) is 27.8 Å². The molecule has 1 heterocycles. The van der Waals surface area contributed by atoms with E-state index in [0.29, 0.717) is 5.92 Å². The maximum absolute atomic E-state index is 6.67. The number of fused-ring (bicyclic) bond motifs is 11. The van der Waals surface area contributed by atoms with Crippen molar-refractivity contribution >= 4 is 22.6 Å². The first kappa shape index (κ1) is 32.1. The van der Waals surface area contributed by atoms with Crippen LogP contribution >= 0.6 is 0 Å². The Morgan fingerprint density at radius 1 is 0.527 bits per heavy atom. The Morgan fingerprint density at radius 2 is 1.09 bits per heavy atom. The van der Waals surface area contributed by atoms with E-state index in [9.17, 15) is 0 Å². The van der Waals surface area contributed by atoms with Crippen LogP contribution in [0.4, 0.5) is 17.1 Å². The van der Waals surface area contributed by atoms with Crippen molar-refractivity contribution in [2.75, 3.05) is 4.90 Å². The van der Waals surface area contributed by atoms with Crippen LogP contribution in [0.2, 0.25) is 0 Å². The van der Waals surface area contributed by atoms with E-state index in [1.807, 2.05) is 0 Å². The third-order valence-corrected chi connectivity index (χ3v) is 12.8. The van der Waals surface area contributed by atoms with E-state index < -0.39 is 5.41 Å². The molecule has 264 valence electrons. The number of rotatable bonds is 4. The molecular formula is C53H41NO. The first-order valence-electron chi connectivity index (χ1n) is 19.6. The molecule has 1 aliphatic heterocycles. The average Bonchev–Trinajstić information content (AvgIpc) is 3.64. The molecule has 7 aromatic carbocycles. The van der Waals surface area contributed by atoms with Crippen LogP contribution in [0.1, 0.15) is 60.6 Å². The number of hydrogen-bond donors (Lipinski definition) is 0. The molecule has 55 heavy (non-hydrogen) atoms. The molecule has 11 rings (SSSR count). The Morgan fingerprint density at radius 3 is 1.82 bits per heavy atom.